The average Bonchev–Trinajstić information content (AvgIpc) is 3.04. The maximum atomic E-state index is 13.9. The van der Waals surface area contributed by atoms with E-state index in [1.54, 1.807) is 41.4 Å². The zero-order chi connectivity index (χ0) is 17.2. The average molecular weight is 333 g/mol. The Labute approximate surface area is 143 Å². The van der Waals surface area contributed by atoms with Crippen molar-refractivity contribution in [2.24, 2.45) is 0 Å². The molecule has 0 aliphatic carbocycles. The summed E-state index contributed by atoms with van der Waals surface area (Å²) in [5.74, 6) is -0.305. The van der Waals surface area contributed by atoms with Gasteiger partial charge in [-0.1, -0.05) is 24.3 Å². The SMILES string of the molecule is O=c1c2c(ccn1Cc1ccccc1F)ccn2Cc1cccnc1. The minimum atomic E-state index is -0.305. The summed E-state index contributed by atoms with van der Waals surface area (Å²) in [6, 6.07) is 14.2. The van der Waals surface area contributed by atoms with E-state index in [4.69, 9.17) is 0 Å². The molecule has 5 heteroatoms. The van der Waals surface area contributed by atoms with Crippen molar-refractivity contribution in [2.45, 2.75) is 13.1 Å². The molecular formula is C20H16FN3O. The highest BCUT2D eigenvalue weighted by Gasteiger charge is 2.10. The number of rotatable bonds is 4. The molecule has 0 aliphatic heterocycles. The summed E-state index contributed by atoms with van der Waals surface area (Å²) in [6.45, 7) is 0.774. The van der Waals surface area contributed by atoms with Crippen LogP contribution in [0.3, 0.4) is 0 Å². The highest BCUT2D eigenvalue weighted by Crippen LogP contribution is 2.15. The van der Waals surface area contributed by atoms with Gasteiger partial charge in [-0.2, -0.15) is 0 Å². The van der Waals surface area contributed by atoms with Crippen molar-refractivity contribution in [1.82, 2.24) is 14.1 Å². The molecule has 1 aromatic carbocycles. The Kier molecular flexibility index (Phi) is 3.90. The molecule has 0 atom stereocenters. The molecule has 0 saturated heterocycles. The topological polar surface area (TPSA) is 39.8 Å². The van der Waals surface area contributed by atoms with Crippen molar-refractivity contribution in [3.63, 3.8) is 0 Å². The molecule has 0 unspecified atom stereocenters. The number of halogens is 1. The maximum Gasteiger partial charge on any atom is 0.275 e. The van der Waals surface area contributed by atoms with Gasteiger partial charge in [0.05, 0.1) is 6.54 Å². The lowest BCUT2D eigenvalue weighted by molar-refractivity contribution is 0.596. The number of nitrogens with zero attached hydrogens (tertiary/aromatic N) is 3. The Morgan fingerprint density at radius 1 is 0.920 bits per heavy atom. The Hall–Kier alpha value is -3.21. The van der Waals surface area contributed by atoms with Gasteiger partial charge in [0.1, 0.15) is 11.3 Å². The van der Waals surface area contributed by atoms with Crippen LogP contribution in [0.5, 0.6) is 0 Å². The smallest absolute Gasteiger partial charge is 0.275 e. The van der Waals surface area contributed by atoms with Crippen molar-refractivity contribution in [1.29, 1.82) is 0 Å². The van der Waals surface area contributed by atoms with Crippen molar-refractivity contribution < 1.29 is 4.39 Å². The van der Waals surface area contributed by atoms with Gasteiger partial charge in [-0.05, 0) is 29.8 Å². The van der Waals surface area contributed by atoms with Crippen LogP contribution in [0.4, 0.5) is 4.39 Å². The van der Waals surface area contributed by atoms with Gasteiger partial charge >= 0.3 is 0 Å². The third-order valence-electron chi connectivity index (χ3n) is 4.27. The molecule has 0 saturated carbocycles. The van der Waals surface area contributed by atoms with Crippen LogP contribution >= 0.6 is 0 Å². The lowest BCUT2D eigenvalue weighted by atomic mass is 10.2. The van der Waals surface area contributed by atoms with Gasteiger partial charge in [0.2, 0.25) is 0 Å². The van der Waals surface area contributed by atoms with Gasteiger partial charge in [-0.25, -0.2) is 4.39 Å². The van der Waals surface area contributed by atoms with Crippen molar-refractivity contribution >= 4 is 10.9 Å². The lowest BCUT2D eigenvalue weighted by Crippen LogP contribution is -2.22. The van der Waals surface area contributed by atoms with E-state index in [0.29, 0.717) is 17.6 Å². The van der Waals surface area contributed by atoms with Crippen molar-refractivity contribution in [2.75, 3.05) is 0 Å². The summed E-state index contributed by atoms with van der Waals surface area (Å²) in [4.78, 5) is 17.0. The van der Waals surface area contributed by atoms with Crippen LogP contribution in [-0.2, 0) is 13.1 Å². The van der Waals surface area contributed by atoms with Gasteiger partial charge in [0.15, 0.2) is 0 Å². The van der Waals surface area contributed by atoms with Crippen molar-refractivity contribution in [3.05, 3.63) is 101 Å². The van der Waals surface area contributed by atoms with Gasteiger partial charge in [-0.15, -0.1) is 0 Å². The molecule has 3 aromatic heterocycles. The number of aromatic nitrogens is 3. The predicted octanol–water partition coefficient (Wildman–Crippen LogP) is 3.43. The Bertz CT molecular complexity index is 1080. The van der Waals surface area contributed by atoms with E-state index in [2.05, 4.69) is 4.98 Å². The lowest BCUT2D eigenvalue weighted by Gasteiger charge is -2.09. The van der Waals surface area contributed by atoms with E-state index in [9.17, 15) is 9.18 Å². The molecule has 0 fully saturated rings. The second-order valence-corrected chi connectivity index (χ2v) is 5.95. The fourth-order valence-electron chi connectivity index (χ4n) is 3.00. The van der Waals surface area contributed by atoms with E-state index >= 15 is 0 Å². The third-order valence-corrected chi connectivity index (χ3v) is 4.27. The second-order valence-electron chi connectivity index (χ2n) is 5.95. The first kappa shape index (κ1) is 15.3. The minimum Gasteiger partial charge on any atom is -0.339 e. The molecule has 0 aliphatic rings. The number of benzene rings is 1. The zero-order valence-electron chi connectivity index (χ0n) is 13.5. The first-order valence-corrected chi connectivity index (χ1v) is 8.03. The largest absolute Gasteiger partial charge is 0.339 e. The third kappa shape index (κ3) is 2.96. The molecular weight excluding hydrogens is 317 g/mol. The maximum absolute atomic E-state index is 13.9. The predicted molar refractivity (Wildman–Crippen MR) is 95.0 cm³/mol. The summed E-state index contributed by atoms with van der Waals surface area (Å²) < 4.78 is 17.4. The van der Waals surface area contributed by atoms with Crippen LogP contribution in [-0.4, -0.2) is 14.1 Å². The minimum absolute atomic E-state index is 0.130. The van der Waals surface area contributed by atoms with E-state index in [0.717, 1.165) is 10.9 Å². The normalized spacial score (nSPS) is 11.1. The molecule has 0 spiro atoms. The number of fused-ring (bicyclic) bond motifs is 1. The first-order valence-electron chi connectivity index (χ1n) is 8.03. The Balaban J connectivity index is 1.75. The van der Waals surface area contributed by atoms with Crippen LogP contribution in [0.25, 0.3) is 10.9 Å². The quantitative estimate of drug-likeness (QED) is 0.574. The zero-order valence-corrected chi connectivity index (χ0v) is 13.5. The van der Waals surface area contributed by atoms with Gasteiger partial charge in [0, 0.05) is 42.3 Å². The molecule has 3 heterocycles. The first-order chi connectivity index (χ1) is 12.2. The highest BCUT2D eigenvalue weighted by atomic mass is 19.1. The number of pyridine rings is 2. The highest BCUT2D eigenvalue weighted by molar-refractivity contribution is 5.79. The molecule has 0 N–H and O–H groups in total. The van der Waals surface area contributed by atoms with Crippen molar-refractivity contribution in [3.8, 4) is 0 Å². The van der Waals surface area contributed by atoms with Crippen LogP contribution in [0.1, 0.15) is 11.1 Å². The fourth-order valence-corrected chi connectivity index (χ4v) is 3.00. The molecule has 0 amide bonds. The van der Waals surface area contributed by atoms with Crippen LogP contribution in [0.2, 0.25) is 0 Å². The summed E-state index contributed by atoms with van der Waals surface area (Å²) in [6.07, 6.45) is 7.11. The van der Waals surface area contributed by atoms with Crippen LogP contribution in [0.15, 0.2) is 78.1 Å². The monoisotopic (exact) mass is 333 g/mol. The van der Waals surface area contributed by atoms with E-state index in [1.807, 2.05) is 35.0 Å². The van der Waals surface area contributed by atoms with Gasteiger partial charge in [0.25, 0.3) is 5.56 Å². The summed E-state index contributed by atoms with van der Waals surface area (Å²) in [5.41, 5.74) is 2.00. The molecule has 4 aromatic rings. The molecule has 0 radical (unpaired) electrons. The van der Waals surface area contributed by atoms with Gasteiger partial charge < -0.3 is 9.13 Å². The van der Waals surface area contributed by atoms with E-state index < -0.39 is 0 Å². The molecule has 25 heavy (non-hydrogen) atoms. The van der Waals surface area contributed by atoms with Crippen LogP contribution < -0.4 is 5.56 Å². The second kappa shape index (κ2) is 6.36. The number of hydrogen-bond donors (Lipinski definition) is 0. The van der Waals surface area contributed by atoms with Crippen LogP contribution in [0, 0.1) is 5.82 Å². The summed E-state index contributed by atoms with van der Waals surface area (Å²) in [7, 11) is 0. The van der Waals surface area contributed by atoms with E-state index in [1.165, 1.54) is 6.07 Å². The van der Waals surface area contributed by atoms with Gasteiger partial charge in [-0.3, -0.25) is 9.78 Å². The summed E-state index contributed by atoms with van der Waals surface area (Å²) in [5, 5.41) is 0.874. The molecule has 4 rings (SSSR count). The molecule has 0 bridgehead atoms. The molecule has 4 nitrogen and oxygen atoms in total. The Morgan fingerprint density at radius 3 is 2.48 bits per heavy atom. The molecule has 124 valence electrons. The standard InChI is InChI=1S/C20H16FN3O/c21-18-6-2-1-5-17(18)14-24-11-8-16-7-10-23(19(16)20(24)25)13-15-4-3-9-22-12-15/h1-12H,13-14H2. The summed E-state index contributed by atoms with van der Waals surface area (Å²) >= 11 is 0. The Morgan fingerprint density at radius 2 is 1.72 bits per heavy atom. The number of hydrogen-bond acceptors (Lipinski definition) is 2. The fraction of sp³-hybridized carbons (Fsp3) is 0.100. The van der Waals surface area contributed by atoms with E-state index in [-0.39, 0.29) is 17.9 Å².